The predicted molar refractivity (Wildman–Crippen MR) is 74.3 cm³/mol. The zero-order chi connectivity index (χ0) is 15.5. The molecule has 1 aromatic carbocycles. The largest absolute Gasteiger partial charge is 0.475 e. The third kappa shape index (κ3) is 2.90. The monoisotopic (exact) mass is 302 g/mol. The highest BCUT2D eigenvalue weighted by molar-refractivity contribution is 5.82. The van der Waals surface area contributed by atoms with Gasteiger partial charge in [0.2, 0.25) is 0 Å². The average molecular weight is 302 g/mol. The molecule has 1 fully saturated rings. The normalized spacial score (nSPS) is 14.5. The molecule has 114 valence electrons. The summed E-state index contributed by atoms with van der Waals surface area (Å²) in [6, 6.07) is 9.43. The van der Waals surface area contributed by atoms with Gasteiger partial charge in [0, 0.05) is 13.1 Å². The Morgan fingerprint density at radius 3 is 2.68 bits per heavy atom. The summed E-state index contributed by atoms with van der Waals surface area (Å²) in [6.45, 7) is 1.09. The third-order valence-corrected chi connectivity index (χ3v) is 3.43. The molecule has 1 aliphatic rings. The highest BCUT2D eigenvalue weighted by Gasteiger charge is 2.35. The first-order chi connectivity index (χ1) is 10.6. The number of likely N-dealkylation sites (tertiary alicyclic amines) is 1. The molecule has 0 radical (unpaired) electrons. The fourth-order valence-electron chi connectivity index (χ4n) is 2.16. The molecule has 1 amide bonds. The van der Waals surface area contributed by atoms with E-state index in [1.165, 1.54) is 4.90 Å². The summed E-state index contributed by atoms with van der Waals surface area (Å²) in [6.07, 6.45) is -0.391. The van der Waals surface area contributed by atoms with Gasteiger partial charge in [-0.25, -0.2) is 14.6 Å². The highest BCUT2D eigenvalue weighted by atomic mass is 16.6. The number of rotatable bonds is 4. The molecule has 1 aliphatic heterocycles. The van der Waals surface area contributed by atoms with Gasteiger partial charge in [-0.2, -0.15) is 0 Å². The first-order valence-corrected chi connectivity index (χ1v) is 6.74. The number of aromatic amines is 1. The number of hydrogen-bond acceptors (Lipinski definition) is 5. The van der Waals surface area contributed by atoms with Crippen molar-refractivity contribution in [1.29, 1.82) is 0 Å². The van der Waals surface area contributed by atoms with E-state index in [4.69, 9.17) is 9.84 Å². The second-order valence-corrected chi connectivity index (χ2v) is 4.99. The minimum absolute atomic E-state index is 0.0372. The third-order valence-electron chi connectivity index (χ3n) is 3.43. The van der Waals surface area contributed by atoms with Crippen LogP contribution in [-0.2, 0) is 11.3 Å². The van der Waals surface area contributed by atoms with Crippen molar-refractivity contribution in [1.82, 2.24) is 20.1 Å². The Labute approximate surface area is 125 Å². The standard InChI is InChI=1S/C14H14N4O4/c19-13(20)12-15-11(16-17-12)10-6-18(7-10)14(21)22-8-9-4-2-1-3-5-9/h1-5,10H,6-8H2,(H,19,20)(H,15,16,17). The van der Waals surface area contributed by atoms with E-state index >= 15 is 0 Å². The molecule has 0 saturated carbocycles. The first-order valence-electron chi connectivity index (χ1n) is 6.74. The number of carboxylic acids is 1. The molecule has 22 heavy (non-hydrogen) atoms. The van der Waals surface area contributed by atoms with E-state index in [1.807, 2.05) is 30.3 Å². The minimum Gasteiger partial charge on any atom is -0.475 e. The van der Waals surface area contributed by atoms with Crippen LogP contribution in [0.2, 0.25) is 0 Å². The smallest absolute Gasteiger partial charge is 0.410 e. The molecule has 1 aromatic heterocycles. The Morgan fingerprint density at radius 2 is 2.05 bits per heavy atom. The molecule has 2 aromatic rings. The topological polar surface area (TPSA) is 108 Å². The number of carboxylic acid groups (broad SMARTS) is 1. The van der Waals surface area contributed by atoms with Crippen molar-refractivity contribution >= 4 is 12.1 Å². The van der Waals surface area contributed by atoms with E-state index in [-0.39, 0.29) is 18.3 Å². The molecule has 2 heterocycles. The van der Waals surface area contributed by atoms with Gasteiger partial charge in [0.05, 0.1) is 5.92 Å². The van der Waals surface area contributed by atoms with Crippen molar-refractivity contribution in [3.8, 4) is 0 Å². The van der Waals surface area contributed by atoms with Crippen LogP contribution in [0.3, 0.4) is 0 Å². The van der Waals surface area contributed by atoms with Gasteiger partial charge in [0.25, 0.3) is 5.82 Å². The fraction of sp³-hybridized carbons (Fsp3) is 0.286. The molecule has 8 heteroatoms. The summed E-state index contributed by atoms with van der Waals surface area (Å²) in [4.78, 5) is 28.0. The fourth-order valence-corrected chi connectivity index (χ4v) is 2.16. The van der Waals surface area contributed by atoms with Crippen LogP contribution in [0.4, 0.5) is 4.79 Å². The van der Waals surface area contributed by atoms with Crippen LogP contribution in [-0.4, -0.2) is 50.3 Å². The second kappa shape index (κ2) is 5.84. The second-order valence-electron chi connectivity index (χ2n) is 4.99. The molecule has 2 N–H and O–H groups in total. The summed E-state index contributed by atoms with van der Waals surface area (Å²) in [5.41, 5.74) is 0.925. The van der Waals surface area contributed by atoms with Gasteiger partial charge in [0.15, 0.2) is 0 Å². The zero-order valence-corrected chi connectivity index (χ0v) is 11.6. The summed E-state index contributed by atoms with van der Waals surface area (Å²) in [5.74, 6) is -1.00. The molecule has 1 saturated heterocycles. The number of nitrogens with one attached hydrogen (secondary N) is 1. The Bertz CT molecular complexity index is 679. The molecule has 0 spiro atoms. The van der Waals surface area contributed by atoms with Crippen molar-refractivity contribution < 1.29 is 19.4 Å². The number of carbonyl (C=O) groups is 2. The van der Waals surface area contributed by atoms with Crippen LogP contribution in [0.1, 0.15) is 27.9 Å². The summed E-state index contributed by atoms with van der Waals surface area (Å²) >= 11 is 0. The number of aromatic carboxylic acids is 1. The van der Waals surface area contributed by atoms with Gasteiger partial charge < -0.3 is 14.7 Å². The Hall–Kier alpha value is -2.90. The van der Waals surface area contributed by atoms with E-state index < -0.39 is 12.1 Å². The van der Waals surface area contributed by atoms with Crippen molar-refractivity contribution in [2.75, 3.05) is 13.1 Å². The summed E-state index contributed by atoms with van der Waals surface area (Å²) < 4.78 is 5.21. The quantitative estimate of drug-likeness (QED) is 0.879. The van der Waals surface area contributed by atoms with Crippen molar-refractivity contribution in [3.63, 3.8) is 0 Å². The Morgan fingerprint density at radius 1 is 1.32 bits per heavy atom. The van der Waals surface area contributed by atoms with Crippen LogP contribution < -0.4 is 0 Å². The maximum absolute atomic E-state index is 11.9. The molecule has 0 bridgehead atoms. The van der Waals surface area contributed by atoms with E-state index in [1.54, 1.807) is 0 Å². The van der Waals surface area contributed by atoms with Gasteiger partial charge in [-0.1, -0.05) is 30.3 Å². The van der Waals surface area contributed by atoms with Gasteiger partial charge in [-0.3, -0.25) is 5.10 Å². The number of nitrogens with zero attached hydrogens (tertiary/aromatic N) is 3. The van der Waals surface area contributed by atoms with E-state index in [0.29, 0.717) is 18.9 Å². The Kier molecular flexibility index (Phi) is 3.73. The maximum atomic E-state index is 11.9. The molecule has 0 atom stereocenters. The summed E-state index contributed by atoms with van der Waals surface area (Å²) in [5, 5.41) is 14.9. The van der Waals surface area contributed by atoms with Crippen LogP contribution >= 0.6 is 0 Å². The van der Waals surface area contributed by atoms with Gasteiger partial charge >= 0.3 is 12.1 Å². The lowest BCUT2D eigenvalue weighted by atomic mass is 10.0. The lowest BCUT2D eigenvalue weighted by molar-refractivity contribution is 0.0643. The van der Waals surface area contributed by atoms with Crippen LogP contribution in [0.25, 0.3) is 0 Å². The van der Waals surface area contributed by atoms with Crippen LogP contribution in [0.5, 0.6) is 0 Å². The predicted octanol–water partition coefficient (Wildman–Crippen LogP) is 1.24. The number of amides is 1. The van der Waals surface area contributed by atoms with Crippen molar-refractivity contribution in [3.05, 3.63) is 47.5 Å². The lowest BCUT2D eigenvalue weighted by Crippen LogP contribution is -2.49. The number of H-pyrrole nitrogens is 1. The van der Waals surface area contributed by atoms with Gasteiger partial charge in [0.1, 0.15) is 12.4 Å². The molecular weight excluding hydrogens is 288 g/mol. The SMILES string of the molecule is O=C(O)c1n[nH]c(C2CN(C(=O)OCc3ccccc3)C2)n1. The maximum Gasteiger partial charge on any atom is 0.410 e. The van der Waals surface area contributed by atoms with E-state index in [2.05, 4.69) is 15.2 Å². The van der Waals surface area contributed by atoms with Gasteiger partial charge in [-0.15, -0.1) is 5.10 Å². The first kappa shape index (κ1) is 14.1. The molecule has 3 rings (SSSR count). The van der Waals surface area contributed by atoms with E-state index in [0.717, 1.165) is 5.56 Å². The highest BCUT2D eigenvalue weighted by Crippen LogP contribution is 2.25. The number of carbonyl (C=O) groups excluding carboxylic acids is 1. The Balaban J connectivity index is 1.48. The molecule has 0 aliphatic carbocycles. The van der Waals surface area contributed by atoms with Crippen LogP contribution in [0.15, 0.2) is 30.3 Å². The van der Waals surface area contributed by atoms with Gasteiger partial charge in [-0.05, 0) is 5.56 Å². The van der Waals surface area contributed by atoms with Crippen molar-refractivity contribution in [2.24, 2.45) is 0 Å². The number of hydrogen-bond donors (Lipinski definition) is 2. The zero-order valence-electron chi connectivity index (χ0n) is 11.6. The number of aromatic nitrogens is 3. The number of benzene rings is 1. The lowest BCUT2D eigenvalue weighted by Gasteiger charge is -2.36. The minimum atomic E-state index is -1.18. The molecular formula is C14H14N4O4. The number of ether oxygens (including phenoxy) is 1. The summed E-state index contributed by atoms with van der Waals surface area (Å²) in [7, 11) is 0. The van der Waals surface area contributed by atoms with Crippen molar-refractivity contribution in [2.45, 2.75) is 12.5 Å². The average Bonchev–Trinajstić information content (AvgIpc) is 2.94. The molecule has 0 unspecified atom stereocenters. The molecule has 8 nitrogen and oxygen atoms in total. The van der Waals surface area contributed by atoms with Crippen LogP contribution in [0, 0.1) is 0 Å². The van der Waals surface area contributed by atoms with E-state index in [9.17, 15) is 9.59 Å².